The molecule has 1 aliphatic carbocycles. The molecule has 0 saturated heterocycles. The second-order valence-corrected chi connectivity index (χ2v) is 8.99. The van der Waals surface area contributed by atoms with E-state index in [1.54, 1.807) is 31.2 Å². The zero-order valence-corrected chi connectivity index (χ0v) is 18.9. The van der Waals surface area contributed by atoms with Crippen LogP contribution in [0.5, 0.6) is 0 Å². The third-order valence-electron chi connectivity index (χ3n) is 6.68. The molecule has 0 bridgehead atoms. The maximum Gasteiger partial charge on any atom is 0.417 e. The van der Waals surface area contributed by atoms with Gasteiger partial charge in [0.25, 0.3) is 11.5 Å². The number of aryl methyl sites for hydroxylation is 1. The molecule has 1 aromatic carbocycles. The number of carbonyl (C=O) groups is 1. The van der Waals surface area contributed by atoms with Crippen LogP contribution < -0.4 is 10.9 Å². The van der Waals surface area contributed by atoms with Crippen LogP contribution in [0.2, 0.25) is 0 Å². The van der Waals surface area contributed by atoms with Crippen molar-refractivity contribution in [3.8, 4) is 0 Å². The number of halogens is 3. The van der Waals surface area contributed by atoms with E-state index in [0.29, 0.717) is 30.7 Å². The minimum atomic E-state index is -4.60. The third-order valence-corrected chi connectivity index (χ3v) is 6.68. The lowest BCUT2D eigenvalue weighted by molar-refractivity contribution is -0.137. The molecule has 182 valence electrons. The van der Waals surface area contributed by atoms with Crippen molar-refractivity contribution >= 4 is 27.8 Å². The summed E-state index contributed by atoms with van der Waals surface area (Å²) in [6, 6.07) is 9.48. The molecule has 5 rings (SSSR count). The Balaban J connectivity index is 1.51. The van der Waals surface area contributed by atoms with Crippen molar-refractivity contribution < 1.29 is 22.5 Å². The highest BCUT2D eigenvalue weighted by Gasteiger charge is 2.33. The van der Waals surface area contributed by atoms with Crippen LogP contribution >= 0.6 is 0 Å². The average molecular weight is 484 g/mol. The molecule has 7 nitrogen and oxygen atoms in total. The van der Waals surface area contributed by atoms with Gasteiger partial charge < -0.3 is 14.4 Å². The summed E-state index contributed by atoms with van der Waals surface area (Å²) in [6.07, 6.45) is -1.06. The average Bonchev–Trinajstić information content (AvgIpc) is 3.24. The van der Waals surface area contributed by atoms with Crippen molar-refractivity contribution in [1.82, 2.24) is 20.0 Å². The Bertz CT molecular complexity index is 1460. The summed E-state index contributed by atoms with van der Waals surface area (Å²) in [4.78, 5) is 30.0. The number of hydrogen-bond donors (Lipinski definition) is 1. The smallest absolute Gasteiger partial charge is 0.360 e. The van der Waals surface area contributed by atoms with Gasteiger partial charge in [0.2, 0.25) is 0 Å². The Morgan fingerprint density at radius 1 is 1.20 bits per heavy atom. The molecule has 1 aliphatic rings. The summed E-state index contributed by atoms with van der Waals surface area (Å²) in [7, 11) is 0. The van der Waals surface area contributed by atoms with E-state index in [1.165, 1.54) is 4.57 Å². The maximum atomic E-state index is 13.5. The van der Waals surface area contributed by atoms with Crippen LogP contribution in [0.1, 0.15) is 53.4 Å². The number of fused-ring (bicyclic) bond motifs is 3. The van der Waals surface area contributed by atoms with Gasteiger partial charge in [-0.25, -0.2) is 0 Å². The molecule has 4 aromatic rings. The number of nitrogens with one attached hydrogen (secondary N) is 1. The molecule has 1 amide bonds. The molecule has 0 aliphatic heterocycles. The normalized spacial score (nSPS) is 18.7. The lowest BCUT2D eigenvalue weighted by atomic mass is 9.85. The van der Waals surface area contributed by atoms with E-state index in [-0.39, 0.29) is 39.8 Å². The van der Waals surface area contributed by atoms with Gasteiger partial charge in [0.15, 0.2) is 0 Å². The highest BCUT2D eigenvalue weighted by molar-refractivity contribution is 6.01. The van der Waals surface area contributed by atoms with Crippen LogP contribution in [0.3, 0.4) is 0 Å². The number of hydrogen-bond acceptors (Lipinski definition) is 5. The first-order valence-corrected chi connectivity index (χ1v) is 11.4. The van der Waals surface area contributed by atoms with E-state index in [9.17, 15) is 22.8 Å². The second-order valence-electron chi connectivity index (χ2n) is 8.99. The van der Waals surface area contributed by atoms with Gasteiger partial charge in [0, 0.05) is 24.3 Å². The topological polar surface area (TPSA) is 90.0 Å². The predicted molar refractivity (Wildman–Crippen MR) is 123 cm³/mol. The highest BCUT2D eigenvalue weighted by atomic mass is 19.4. The Morgan fingerprint density at radius 3 is 2.71 bits per heavy atom. The van der Waals surface area contributed by atoms with E-state index in [1.807, 2.05) is 6.07 Å². The Hall–Kier alpha value is -3.69. The molecule has 10 heteroatoms. The SMILES string of the molecule is Cc1onc2c1c(=O)n(C1CCCC(CNC(=O)c3ccccc3)C1)c1cc(C(F)(F)F)cnc21. The van der Waals surface area contributed by atoms with Crippen molar-refractivity contribution in [2.75, 3.05) is 6.54 Å². The van der Waals surface area contributed by atoms with E-state index in [2.05, 4.69) is 15.5 Å². The minimum Gasteiger partial charge on any atom is -0.360 e. The standard InChI is InChI=1S/C25H23F3N4O3/c1-14-20-22(31-35-14)21-19(11-17(13-29-21)25(26,27)28)32(24(20)34)18-9-5-6-15(10-18)12-30-23(33)16-7-3-2-4-8-16/h2-4,7-8,11,13,15,18H,5-6,9-10,12H2,1H3,(H,30,33). The number of benzene rings is 1. The van der Waals surface area contributed by atoms with E-state index in [0.717, 1.165) is 25.1 Å². The van der Waals surface area contributed by atoms with E-state index in [4.69, 9.17) is 4.52 Å². The van der Waals surface area contributed by atoms with Gasteiger partial charge in [0.1, 0.15) is 22.2 Å². The summed E-state index contributed by atoms with van der Waals surface area (Å²) in [6.45, 7) is 2.01. The third kappa shape index (κ3) is 4.28. The molecular formula is C25H23F3N4O3. The quantitative estimate of drug-likeness (QED) is 0.439. The zero-order valence-electron chi connectivity index (χ0n) is 18.9. The number of aromatic nitrogens is 3. The summed E-state index contributed by atoms with van der Waals surface area (Å²) >= 11 is 0. The molecule has 2 unspecified atom stereocenters. The molecule has 35 heavy (non-hydrogen) atoms. The van der Waals surface area contributed by atoms with Crippen molar-refractivity contribution in [3.63, 3.8) is 0 Å². The highest BCUT2D eigenvalue weighted by Crippen LogP contribution is 2.36. The van der Waals surface area contributed by atoms with Gasteiger partial charge in [-0.15, -0.1) is 0 Å². The van der Waals surface area contributed by atoms with Crippen LogP contribution in [0, 0.1) is 12.8 Å². The fourth-order valence-electron chi connectivity index (χ4n) is 4.96. The van der Waals surface area contributed by atoms with Crippen LogP contribution in [0.25, 0.3) is 21.9 Å². The summed E-state index contributed by atoms with van der Waals surface area (Å²) in [5, 5.41) is 7.07. The summed E-state index contributed by atoms with van der Waals surface area (Å²) in [5.41, 5.74) is -0.365. The van der Waals surface area contributed by atoms with E-state index < -0.39 is 17.3 Å². The molecule has 1 saturated carbocycles. The molecule has 3 heterocycles. The number of amides is 1. The molecule has 0 spiro atoms. The van der Waals surface area contributed by atoms with Crippen molar-refractivity contribution in [2.24, 2.45) is 5.92 Å². The van der Waals surface area contributed by atoms with Gasteiger partial charge >= 0.3 is 6.18 Å². The first kappa shape index (κ1) is 23.1. The largest absolute Gasteiger partial charge is 0.417 e. The van der Waals surface area contributed by atoms with Crippen molar-refractivity contribution in [2.45, 2.75) is 44.8 Å². The Labute approximate surface area is 197 Å². The monoisotopic (exact) mass is 484 g/mol. The van der Waals surface area contributed by atoms with Gasteiger partial charge in [-0.05, 0) is 50.3 Å². The van der Waals surface area contributed by atoms with Gasteiger partial charge in [-0.2, -0.15) is 13.2 Å². The number of pyridine rings is 2. The molecule has 1 N–H and O–H groups in total. The first-order chi connectivity index (χ1) is 16.7. The van der Waals surface area contributed by atoms with Crippen LogP contribution in [-0.4, -0.2) is 27.2 Å². The Morgan fingerprint density at radius 2 is 1.97 bits per heavy atom. The molecule has 1 fully saturated rings. The van der Waals surface area contributed by atoms with Gasteiger partial charge in [-0.3, -0.25) is 14.6 Å². The van der Waals surface area contributed by atoms with Gasteiger partial charge in [-0.1, -0.05) is 29.8 Å². The maximum absolute atomic E-state index is 13.5. The number of rotatable bonds is 4. The fraction of sp³-hybridized carbons (Fsp3) is 0.360. The summed E-state index contributed by atoms with van der Waals surface area (Å²) < 4.78 is 47.1. The van der Waals surface area contributed by atoms with E-state index >= 15 is 0 Å². The summed E-state index contributed by atoms with van der Waals surface area (Å²) in [5.74, 6) is 0.182. The van der Waals surface area contributed by atoms with Crippen molar-refractivity contribution in [3.05, 3.63) is 69.8 Å². The molecule has 2 atom stereocenters. The number of nitrogens with zero attached hydrogens (tertiary/aromatic N) is 3. The number of alkyl halides is 3. The second kappa shape index (κ2) is 8.83. The predicted octanol–water partition coefficient (Wildman–Crippen LogP) is 5.03. The molecular weight excluding hydrogens is 461 g/mol. The molecule has 0 radical (unpaired) electrons. The van der Waals surface area contributed by atoms with Crippen LogP contribution in [-0.2, 0) is 6.18 Å². The van der Waals surface area contributed by atoms with Crippen molar-refractivity contribution in [1.29, 1.82) is 0 Å². The fourth-order valence-corrected chi connectivity index (χ4v) is 4.96. The van der Waals surface area contributed by atoms with Gasteiger partial charge in [0.05, 0.1) is 11.1 Å². The van der Waals surface area contributed by atoms with Crippen LogP contribution in [0.15, 0.2) is 51.9 Å². The minimum absolute atomic E-state index is 0.0707. The van der Waals surface area contributed by atoms with Crippen LogP contribution in [0.4, 0.5) is 13.2 Å². The lowest BCUT2D eigenvalue weighted by Crippen LogP contribution is -2.35. The zero-order chi connectivity index (χ0) is 24.7. The first-order valence-electron chi connectivity index (χ1n) is 11.4. The lowest BCUT2D eigenvalue weighted by Gasteiger charge is -2.31. The Kier molecular flexibility index (Phi) is 5.82. The number of carbonyl (C=O) groups excluding carboxylic acids is 1. The molecule has 3 aromatic heterocycles.